The summed E-state index contributed by atoms with van der Waals surface area (Å²) in [4.78, 5) is 5.02. The van der Waals surface area contributed by atoms with Crippen LogP contribution >= 0.6 is 0 Å². The molecule has 0 amide bonds. The molecule has 0 saturated heterocycles. The lowest BCUT2D eigenvalue weighted by Crippen LogP contribution is -2.35. The zero-order valence-corrected chi connectivity index (χ0v) is 18.8. The van der Waals surface area contributed by atoms with E-state index in [4.69, 9.17) is 4.98 Å². The van der Waals surface area contributed by atoms with Crippen LogP contribution in [-0.2, 0) is 12.8 Å². The fourth-order valence-corrected chi connectivity index (χ4v) is 3.74. The lowest BCUT2D eigenvalue weighted by molar-refractivity contribution is 0.944. The van der Waals surface area contributed by atoms with E-state index in [1.165, 1.54) is 11.1 Å². The van der Waals surface area contributed by atoms with Crippen molar-refractivity contribution in [2.45, 2.75) is 26.7 Å². The van der Waals surface area contributed by atoms with E-state index in [1.807, 2.05) is 18.2 Å². The van der Waals surface area contributed by atoms with Gasteiger partial charge in [0, 0.05) is 19.0 Å². The van der Waals surface area contributed by atoms with Crippen molar-refractivity contribution in [1.82, 2.24) is 14.9 Å². The van der Waals surface area contributed by atoms with Crippen LogP contribution in [0.5, 0.6) is 0 Å². The summed E-state index contributed by atoms with van der Waals surface area (Å²) in [5.41, 5.74) is 8.74. The van der Waals surface area contributed by atoms with Gasteiger partial charge in [-0.2, -0.15) is 0 Å². The third-order valence-corrected chi connectivity index (χ3v) is 5.48. The molecule has 32 heavy (non-hydrogen) atoms. The predicted octanol–water partition coefficient (Wildman–Crippen LogP) is 4.82. The Morgan fingerprint density at radius 2 is 1.69 bits per heavy atom. The zero-order valence-electron chi connectivity index (χ0n) is 18.8. The Balaban J connectivity index is 1.81. The van der Waals surface area contributed by atoms with Crippen molar-refractivity contribution in [3.8, 4) is 0 Å². The van der Waals surface area contributed by atoms with E-state index >= 15 is 0 Å². The summed E-state index contributed by atoms with van der Waals surface area (Å²) >= 11 is 0. The van der Waals surface area contributed by atoms with Crippen molar-refractivity contribution >= 4 is 24.2 Å². The van der Waals surface area contributed by atoms with E-state index in [0.29, 0.717) is 6.42 Å². The highest BCUT2D eigenvalue weighted by atomic mass is 15.1. The fraction of sp³-hybridized carbons (Fsp3) is 0.138. The smallest absolute Gasteiger partial charge is 0.157 e. The van der Waals surface area contributed by atoms with Crippen molar-refractivity contribution in [3.05, 3.63) is 124 Å². The van der Waals surface area contributed by atoms with E-state index in [-0.39, 0.29) is 0 Å². The number of hydrogen-bond donors (Lipinski definition) is 1. The number of imidazole rings is 1. The van der Waals surface area contributed by atoms with Gasteiger partial charge in [0.25, 0.3) is 0 Å². The highest BCUT2D eigenvalue weighted by Crippen LogP contribution is 2.18. The molecule has 0 saturated carbocycles. The van der Waals surface area contributed by atoms with Crippen molar-refractivity contribution < 1.29 is 0 Å². The Bertz CT molecular complexity index is 1320. The van der Waals surface area contributed by atoms with Gasteiger partial charge in [-0.3, -0.25) is 4.57 Å². The standard InChI is InChI=1S/C29H29N3/c1-5-23(17-16-21(2)3)18-26-22(4)32-20-28(25-14-10-7-11-15-25)30-27(29(32)31-26)19-24-12-8-6-9-13-24/h5-17,20,30H,1,4,18-19H2,2-3H3/b23-17+. The minimum Gasteiger partial charge on any atom is -0.354 e. The van der Waals surface area contributed by atoms with Gasteiger partial charge in [-0.05, 0) is 30.5 Å². The van der Waals surface area contributed by atoms with Gasteiger partial charge in [-0.1, -0.05) is 97.6 Å². The second-order valence-corrected chi connectivity index (χ2v) is 8.24. The molecule has 0 atom stereocenters. The quantitative estimate of drug-likeness (QED) is 0.556. The monoisotopic (exact) mass is 419 g/mol. The van der Waals surface area contributed by atoms with Gasteiger partial charge in [0.1, 0.15) is 0 Å². The number of fused-ring (bicyclic) bond motifs is 1. The maximum atomic E-state index is 5.02. The number of nitrogens with zero attached hydrogens (tertiary/aromatic N) is 2. The molecule has 2 heterocycles. The Hall–Kier alpha value is -3.85. The van der Waals surface area contributed by atoms with Crippen LogP contribution in [0.25, 0.3) is 24.2 Å². The van der Waals surface area contributed by atoms with Crippen LogP contribution in [0.15, 0.2) is 96.6 Å². The molecule has 0 radical (unpaired) electrons. The molecular formula is C29H29N3. The highest BCUT2D eigenvalue weighted by molar-refractivity contribution is 5.80. The Labute approximate surface area is 190 Å². The van der Waals surface area contributed by atoms with Crippen LogP contribution in [0.4, 0.5) is 0 Å². The van der Waals surface area contributed by atoms with E-state index < -0.39 is 0 Å². The van der Waals surface area contributed by atoms with Crippen LogP contribution in [-0.4, -0.2) is 9.55 Å². The molecule has 160 valence electrons. The SMILES string of the molecule is C=C/C(=C\C=C(C)C)Cc1nc2n(c1=C)C=C(c1ccccc1)NC=2Cc1ccccc1. The fourth-order valence-electron chi connectivity index (χ4n) is 3.74. The van der Waals surface area contributed by atoms with E-state index in [2.05, 4.69) is 104 Å². The Morgan fingerprint density at radius 3 is 2.34 bits per heavy atom. The minimum absolute atomic E-state index is 0.694. The summed E-state index contributed by atoms with van der Waals surface area (Å²) in [6.07, 6.45) is 9.68. The number of rotatable bonds is 7. The van der Waals surface area contributed by atoms with E-state index in [1.54, 1.807) is 0 Å². The minimum atomic E-state index is 0.694. The van der Waals surface area contributed by atoms with Crippen LogP contribution in [0.2, 0.25) is 0 Å². The molecule has 1 aliphatic heterocycles. The maximum absolute atomic E-state index is 5.02. The number of allylic oxidation sites excluding steroid dienone is 5. The first-order valence-corrected chi connectivity index (χ1v) is 10.9. The molecule has 3 nitrogen and oxygen atoms in total. The van der Waals surface area contributed by atoms with Gasteiger partial charge in [-0.25, -0.2) is 4.98 Å². The summed E-state index contributed by atoms with van der Waals surface area (Å²) in [6.45, 7) is 12.5. The van der Waals surface area contributed by atoms with E-state index in [0.717, 1.165) is 45.5 Å². The summed E-state index contributed by atoms with van der Waals surface area (Å²) in [7, 11) is 0. The van der Waals surface area contributed by atoms with E-state index in [9.17, 15) is 0 Å². The van der Waals surface area contributed by atoms with Crippen LogP contribution in [0.3, 0.4) is 0 Å². The van der Waals surface area contributed by atoms with Crippen LogP contribution in [0, 0.1) is 0 Å². The summed E-state index contributed by atoms with van der Waals surface area (Å²) in [5.74, 6) is 0. The molecular weight excluding hydrogens is 390 g/mol. The molecule has 1 aromatic heterocycles. The third kappa shape index (κ3) is 4.73. The van der Waals surface area contributed by atoms with Gasteiger partial charge in [0.05, 0.1) is 22.4 Å². The predicted molar refractivity (Wildman–Crippen MR) is 136 cm³/mol. The molecule has 0 unspecified atom stereocenters. The molecule has 2 aromatic carbocycles. The average molecular weight is 420 g/mol. The number of aromatic nitrogens is 2. The van der Waals surface area contributed by atoms with Crippen LogP contribution < -0.4 is 16.1 Å². The topological polar surface area (TPSA) is 29.9 Å². The van der Waals surface area contributed by atoms with Crippen molar-refractivity contribution in [2.24, 2.45) is 0 Å². The first-order valence-electron chi connectivity index (χ1n) is 10.9. The molecule has 4 rings (SSSR count). The highest BCUT2D eigenvalue weighted by Gasteiger charge is 2.17. The summed E-state index contributed by atoms with van der Waals surface area (Å²) < 4.78 is 2.12. The van der Waals surface area contributed by atoms with Gasteiger partial charge < -0.3 is 5.32 Å². The van der Waals surface area contributed by atoms with Gasteiger partial charge >= 0.3 is 0 Å². The zero-order chi connectivity index (χ0) is 22.5. The molecule has 1 N–H and O–H groups in total. The Morgan fingerprint density at radius 1 is 1.00 bits per heavy atom. The second kappa shape index (κ2) is 9.52. The molecule has 3 aromatic rings. The molecule has 1 aliphatic rings. The van der Waals surface area contributed by atoms with Crippen molar-refractivity contribution in [1.29, 1.82) is 0 Å². The lowest BCUT2D eigenvalue weighted by atomic mass is 10.1. The molecule has 0 aliphatic carbocycles. The summed E-state index contributed by atoms with van der Waals surface area (Å²) in [6, 6.07) is 20.8. The Kier molecular flexibility index (Phi) is 6.37. The first kappa shape index (κ1) is 21.4. The molecule has 0 fully saturated rings. The van der Waals surface area contributed by atoms with Crippen molar-refractivity contribution in [2.75, 3.05) is 0 Å². The molecule has 3 heteroatoms. The number of benzene rings is 2. The maximum Gasteiger partial charge on any atom is 0.157 e. The van der Waals surface area contributed by atoms with Gasteiger partial charge in [0.15, 0.2) is 5.48 Å². The molecule has 0 bridgehead atoms. The first-order chi connectivity index (χ1) is 15.5. The second-order valence-electron chi connectivity index (χ2n) is 8.24. The number of hydrogen-bond acceptors (Lipinski definition) is 2. The van der Waals surface area contributed by atoms with Crippen molar-refractivity contribution in [3.63, 3.8) is 0 Å². The van der Waals surface area contributed by atoms with Gasteiger partial charge in [0.2, 0.25) is 0 Å². The lowest BCUT2D eigenvalue weighted by Gasteiger charge is -2.19. The third-order valence-electron chi connectivity index (χ3n) is 5.48. The average Bonchev–Trinajstić information content (AvgIpc) is 3.13. The number of nitrogens with one attached hydrogen (secondary N) is 1. The van der Waals surface area contributed by atoms with Crippen LogP contribution in [0.1, 0.15) is 30.7 Å². The largest absolute Gasteiger partial charge is 0.354 e. The molecule has 0 spiro atoms. The van der Waals surface area contributed by atoms with Gasteiger partial charge in [-0.15, -0.1) is 0 Å². The summed E-state index contributed by atoms with van der Waals surface area (Å²) in [5, 5.41) is 4.55. The normalized spacial score (nSPS) is 13.1.